The molecule has 0 heterocycles. The Morgan fingerprint density at radius 2 is 1.79 bits per heavy atom. The highest BCUT2D eigenvalue weighted by molar-refractivity contribution is 4.90. The van der Waals surface area contributed by atoms with E-state index in [1.165, 1.54) is 45.3 Å². The van der Waals surface area contributed by atoms with Gasteiger partial charge in [-0.3, -0.25) is 4.90 Å². The molecule has 1 N–H and O–H groups in total. The Hall–Kier alpha value is -0.120. The summed E-state index contributed by atoms with van der Waals surface area (Å²) >= 11 is 0. The van der Waals surface area contributed by atoms with Gasteiger partial charge >= 0.3 is 0 Å². The Kier molecular flexibility index (Phi) is 7.33. The molecule has 1 aliphatic carbocycles. The maximum atomic E-state index is 3.60. The molecule has 0 amide bonds. The van der Waals surface area contributed by atoms with Gasteiger partial charge in [0.2, 0.25) is 0 Å². The number of likely N-dealkylation sites (N-methyl/N-ethyl adjacent to an activating group) is 2. The van der Waals surface area contributed by atoms with Crippen LogP contribution in [-0.4, -0.2) is 62.7 Å². The van der Waals surface area contributed by atoms with E-state index in [0.717, 1.165) is 13.1 Å². The van der Waals surface area contributed by atoms with Crippen LogP contribution < -0.4 is 5.32 Å². The molecule has 114 valence electrons. The maximum absolute atomic E-state index is 3.60. The first-order valence-electron chi connectivity index (χ1n) is 8.12. The van der Waals surface area contributed by atoms with E-state index in [2.05, 4.69) is 50.0 Å². The first kappa shape index (κ1) is 16.9. The van der Waals surface area contributed by atoms with Crippen molar-refractivity contribution in [1.82, 2.24) is 15.1 Å². The Morgan fingerprint density at radius 3 is 2.26 bits per heavy atom. The van der Waals surface area contributed by atoms with Crippen molar-refractivity contribution in [2.75, 3.05) is 46.8 Å². The summed E-state index contributed by atoms with van der Waals surface area (Å²) in [7, 11) is 4.35. The third-order valence-electron chi connectivity index (χ3n) is 4.61. The lowest BCUT2D eigenvalue weighted by atomic mass is 9.85. The summed E-state index contributed by atoms with van der Waals surface area (Å²) < 4.78 is 0. The van der Waals surface area contributed by atoms with Crippen LogP contribution in [0.25, 0.3) is 0 Å². The average molecular weight is 269 g/mol. The van der Waals surface area contributed by atoms with Gasteiger partial charge < -0.3 is 10.2 Å². The Labute approximate surface area is 120 Å². The fraction of sp³-hybridized carbons (Fsp3) is 1.00. The molecule has 0 saturated heterocycles. The highest BCUT2D eigenvalue weighted by Crippen LogP contribution is 2.38. The predicted octanol–water partition coefficient (Wildman–Crippen LogP) is 2.43. The molecule has 0 spiro atoms. The lowest BCUT2D eigenvalue weighted by Crippen LogP contribution is -2.48. The van der Waals surface area contributed by atoms with Crippen LogP contribution in [0.2, 0.25) is 0 Å². The van der Waals surface area contributed by atoms with Gasteiger partial charge in [-0.25, -0.2) is 0 Å². The molecule has 1 rings (SSSR count). The lowest BCUT2D eigenvalue weighted by molar-refractivity contribution is 0.106. The second-order valence-electron chi connectivity index (χ2n) is 6.66. The van der Waals surface area contributed by atoms with Gasteiger partial charge in [-0.2, -0.15) is 0 Å². The van der Waals surface area contributed by atoms with E-state index in [1.807, 2.05) is 0 Å². The second-order valence-corrected chi connectivity index (χ2v) is 6.66. The van der Waals surface area contributed by atoms with Crippen LogP contribution in [0.1, 0.15) is 46.5 Å². The Bertz CT molecular complexity index is 234. The Balaban J connectivity index is 2.59. The van der Waals surface area contributed by atoms with Gasteiger partial charge in [0.15, 0.2) is 0 Å². The van der Waals surface area contributed by atoms with Crippen LogP contribution in [0.15, 0.2) is 0 Å². The minimum atomic E-state index is 0.534. The van der Waals surface area contributed by atoms with Gasteiger partial charge in [-0.15, -0.1) is 0 Å². The minimum Gasteiger partial charge on any atom is -0.316 e. The van der Waals surface area contributed by atoms with E-state index in [-0.39, 0.29) is 0 Å². The molecule has 0 bridgehead atoms. The zero-order valence-electron chi connectivity index (χ0n) is 13.8. The monoisotopic (exact) mass is 269 g/mol. The van der Waals surface area contributed by atoms with Crippen molar-refractivity contribution < 1.29 is 0 Å². The van der Waals surface area contributed by atoms with Crippen molar-refractivity contribution in [3.05, 3.63) is 0 Å². The second kappa shape index (κ2) is 8.23. The van der Waals surface area contributed by atoms with E-state index in [9.17, 15) is 0 Å². The molecule has 1 saturated carbocycles. The molecule has 3 heteroatoms. The number of nitrogens with zero attached hydrogens (tertiary/aromatic N) is 2. The smallest absolute Gasteiger partial charge is 0.0194 e. The quantitative estimate of drug-likeness (QED) is 0.693. The molecule has 1 aliphatic rings. The van der Waals surface area contributed by atoms with Crippen LogP contribution in [0.3, 0.4) is 0 Å². The van der Waals surface area contributed by atoms with Crippen LogP contribution >= 0.6 is 0 Å². The summed E-state index contributed by atoms with van der Waals surface area (Å²) in [6.07, 6.45) is 5.66. The summed E-state index contributed by atoms with van der Waals surface area (Å²) in [4.78, 5) is 4.99. The molecule has 0 aliphatic heterocycles. The van der Waals surface area contributed by atoms with E-state index in [1.54, 1.807) is 0 Å². The topological polar surface area (TPSA) is 18.5 Å². The largest absolute Gasteiger partial charge is 0.316 e. The lowest BCUT2D eigenvalue weighted by Gasteiger charge is -2.39. The SMILES string of the molecule is CCNCC1(CN(CC)C(C)CN(C)C)CCCC1. The fourth-order valence-electron chi connectivity index (χ4n) is 3.56. The zero-order chi connectivity index (χ0) is 14.3. The molecule has 1 fully saturated rings. The molecular weight excluding hydrogens is 234 g/mol. The molecule has 1 unspecified atom stereocenters. The third-order valence-corrected chi connectivity index (χ3v) is 4.61. The molecule has 1 atom stereocenters. The summed E-state index contributed by atoms with van der Waals surface area (Å²) in [5, 5.41) is 3.60. The third kappa shape index (κ3) is 5.41. The van der Waals surface area contributed by atoms with Gasteiger partial charge in [0.25, 0.3) is 0 Å². The highest BCUT2D eigenvalue weighted by Gasteiger charge is 2.35. The minimum absolute atomic E-state index is 0.534. The van der Waals surface area contributed by atoms with Crippen molar-refractivity contribution in [2.24, 2.45) is 5.41 Å². The van der Waals surface area contributed by atoms with E-state index < -0.39 is 0 Å². The van der Waals surface area contributed by atoms with E-state index in [0.29, 0.717) is 11.5 Å². The van der Waals surface area contributed by atoms with Gasteiger partial charge in [-0.1, -0.05) is 26.7 Å². The molecule has 19 heavy (non-hydrogen) atoms. The molecule has 0 aromatic heterocycles. The summed E-state index contributed by atoms with van der Waals surface area (Å²) in [6.45, 7) is 12.8. The van der Waals surface area contributed by atoms with Crippen molar-refractivity contribution in [2.45, 2.75) is 52.5 Å². The zero-order valence-corrected chi connectivity index (χ0v) is 13.8. The normalized spacial score (nSPS) is 20.4. The predicted molar refractivity (Wildman–Crippen MR) is 84.7 cm³/mol. The van der Waals surface area contributed by atoms with E-state index in [4.69, 9.17) is 0 Å². The van der Waals surface area contributed by atoms with Crippen molar-refractivity contribution >= 4 is 0 Å². The first-order chi connectivity index (χ1) is 9.03. The van der Waals surface area contributed by atoms with Crippen molar-refractivity contribution in [3.63, 3.8) is 0 Å². The van der Waals surface area contributed by atoms with Gasteiger partial charge in [0, 0.05) is 25.7 Å². The van der Waals surface area contributed by atoms with Crippen LogP contribution in [0.4, 0.5) is 0 Å². The summed E-state index contributed by atoms with van der Waals surface area (Å²) in [5.41, 5.74) is 0.534. The maximum Gasteiger partial charge on any atom is 0.0194 e. The number of rotatable bonds is 9. The summed E-state index contributed by atoms with van der Waals surface area (Å²) in [5.74, 6) is 0. The Morgan fingerprint density at radius 1 is 1.16 bits per heavy atom. The van der Waals surface area contributed by atoms with E-state index >= 15 is 0 Å². The van der Waals surface area contributed by atoms with Crippen molar-refractivity contribution in [1.29, 1.82) is 0 Å². The molecule has 3 nitrogen and oxygen atoms in total. The fourth-order valence-corrected chi connectivity index (χ4v) is 3.56. The highest BCUT2D eigenvalue weighted by atomic mass is 15.2. The molecular formula is C16H35N3. The first-order valence-corrected chi connectivity index (χ1v) is 8.12. The van der Waals surface area contributed by atoms with Crippen LogP contribution in [-0.2, 0) is 0 Å². The van der Waals surface area contributed by atoms with Crippen LogP contribution in [0.5, 0.6) is 0 Å². The molecule has 0 aromatic rings. The molecule has 0 aromatic carbocycles. The van der Waals surface area contributed by atoms with Gasteiger partial charge in [0.05, 0.1) is 0 Å². The average Bonchev–Trinajstić information content (AvgIpc) is 2.81. The van der Waals surface area contributed by atoms with Gasteiger partial charge in [0.1, 0.15) is 0 Å². The number of hydrogen-bond acceptors (Lipinski definition) is 3. The van der Waals surface area contributed by atoms with Crippen LogP contribution in [0, 0.1) is 5.41 Å². The van der Waals surface area contributed by atoms with Gasteiger partial charge in [-0.05, 0) is 52.4 Å². The number of hydrogen-bond donors (Lipinski definition) is 1. The van der Waals surface area contributed by atoms with Crippen molar-refractivity contribution in [3.8, 4) is 0 Å². The standard InChI is InChI=1S/C16H35N3/c1-6-17-13-16(10-8-9-11-16)14-19(7-2)15(3)12-18(4)5/h15,17H,6-14H2,1-5H3. The molecule has 0 radical (unpaired) electrons. The summed E-state index contributed by atoms with van der Waals surface area (Å²) in [6, 6.07) is 0.652. The number of nitrogens with one attached hydrogen (secondary N) is 1.